The fourth-order valence-corrected chi connectivity index (χ4v) is 1.60. The molecule has 0 amide bonds. The second-order valence-corrected chi connectivity index (χ2v) is 3.73. The standard InChI is InChI=1S/C13H21NO3/c1-3-14-11(10-15)8-9-17-13-7-5-4-6-12(13)16-2/h4-7,11,14-15H,3,8-10H2,1-2H3. The molecule has 0 radical (unpaired) electrons. The van der Waals surface area contributed by atoms with E-state index in [4.69, 9.17) is 14.6 Å². The van der Waals surface area contributed by atoms with Crippen molar-refractivity contribution in [2.45, 2.75) is 19.4 Å². The van der Waals surface area contributed by atoms with E-state index in [0.717, 1.165) is 24.5 Å². The lowest BCUT2D eigenvalue weighted by atomic mass is 10.2. The molecule has 2 N–H and O–H groups in total. The van der Waals surface area contributed by atoms with Gasteiger partial charge in [-0.05, 0) is 25.1 Å². The molecular weight excluding hydrogens is 218 g/mol. The number of hydrogen-bond acceptors (Lipinski definition) is 4. The number of benzene rings is 1. The molecule has 17 heavy (non-hydrogen) atoms. The van der Waals surface area contributed by atoms with Crippen molar-refractivity contribution in [1.82, 2.24) is 5.32 Å². The highest BCUT2D eigenvalue weighted by Crippen LogP contribution is 2.25. The highest BCUT2D eigenvalue weighted by atomic mass is 16.5. The first kappa shape index (κ1) is 13.8. The first-order valence-electron chi connectivity index (χ1n) is 5.91. The number of ether oxygens (including phenoxy) is 2. The molecule has 1 atom stereocenters. The van der Waals surface area contributed by atoms with Gasteiger partial charge in [0.1, 0.15) is 0 Å². The van der Waals surface area contributed by atoms with E-state index in [2.05, 4.69) is 5.32 Å². The summed E-state index contributed by atoms with van der Waals surface area (Å²) < 4.78 is 10.8. The molecule has 0 aliphatic heterocycles. The van der Waals surface area contributed by atoms with Gasteiger partial charge in [0.2, 0.25) is 0 Å². The summed E-state index contributed by atoms with van der Waals surface area (Å²) in [5.74, 6) is 1.47. The number of likely N-dealkylation sites (N-methyl/N-ethyl adjacent to an activating group) is 1. The van der Waals surface area contributed by atoms with Crippen LogP contribution < -0.4 is 14.8 Å². The Morgan fingerprint density at radius 2 is 2.00 bits per heavy atom. The number of rotatable bonds is 8. The average Bonchev–Trinajstić information content (AvgIpc) is 2.38. The SMILES string of the molecule is CCNC(CO)CCOc1ccccc1OC. The van der Waals surface area contributed by atoms with E-state index >= 15 is 0 Å². The normalized spacial score (nSPS) is 12.2. The largest absolute Gasteiger partial charge is 0.493 e. The molecule has 0 spiro atoms. The topological polar surface area (TPSA) is 50.7 Å². The molecule has 0 aliphatic rings. The van der Waals surface area contributed by atoms with Crippen LogP contribution in [0.25, 0.3) is 0 Å². The van der Waals surface area contributed by atoms with E-state index in [1.54, 1.807) is 7.11 Å². The third-order valence-electron chi connectivity index (χ3n) is 2.51. The summed E-state index contributed by atoms with van der Waals surface area (Å²) in [5.41, 5.74) is 0. The van der Waals surface area contributed by atoms with Crippen LogP contribution in [0.5, 0.6) is 11.5 Å². The Kier molecular flexibility index (Phi) is 6.43. The van der Waals surface area contributed by atoms with E-state index in [1.165, 1.54) is 0 Å². The zero-order valence-electron chi connectivity index (χ0n) is 10.5. The minimum absolute atomic E-state index is 0.0923. The van der Waals surface area contributed by atoms with Gasteiger partial charge in [0.25, 0.3) is 0 Å². The van der Waals surface area contributed by atoms with Gasteiger partial charge < -0.3 is 19.9 Å². The van der Waals surface area contributed by atoms with Gasteiger partial charge in [0, 0.05) is 6.04 Å². The second-order valence-electron chi connectivity index (χ2n) is 3.73. The van der Waals surface area contributed by atoms with Crippen molar-refractivity contribution in [1.29, 1.82) is 0 Å². The van der Waals surface area contributed by atoms with Gasteiger partial charge in [-0.25, -0.2) is 0 Å². The van der Waals surface area contributed by atoms with Gasteiger partial charge in [0.05, 0.1) is 20.3 Å². The van der Waals surface area contributed by atoms with Crippen LogP contribution in [0.15, 0.2) is 24.3 Å². The summed E-state index contributed by atoms with van der Waals surface area (Å²) in [4.78, 5) is 0. The first-order valence-corrected chi connectivity index (χ1v) is 5.91. The Morgan fingerprint density at radius 1 is 1.29 bits per heavy atom. The van der Waals surface area contributed by atoms with Crippen LogP contribution in [0.4, 0.5) is 0 Å². The Balaban J connectivity index is 2.39. The molecule has 0 saturated heterocycles. The molecule has 96 valence electrons. The van der Waals surface area contributed by atoms with Gasteiger partial charge in [-0.3, -0.25) is 0 Å². The van der Waals surface area contributed by atoms with Crippen LogP contribution in [0.3, 0.4) is 0 Å². The maximum Gasteiger partial charge on any atom is 0.161 e. The van der Waals surface area contributed by atoms with Crippen LogP contribution in [-0.2, 0) is 0 Å². The van der Waals surface area contributed by atoms with E-state index in [1.807, 2.05) is 31.2 Å². The quantitative estimate of drug-likeness (QED) is 0.720. The molecule has 1 aromatic rings. The fourth-order valence-electron chi connectivity index (χ4n) is 1.60. The number of hydrogen-bond donors (Lipinski definition) is 2. The lowest BCUT2D eigenvalue weighted by Crippen LogP contribution is -2.33. The Morgan fingerprint density at radius 3 is 2.59 bits per heavy atom. The van der Waals surface area contributed by atoms with Crippen LogP contribution in [0, 0.1) is 0 Å². The lowest BCUT2D eigenvalue weighted by Gasteiger charge is -2.16. The van der Waals surface area contributed by atoms with E-state index in [0.29, 0.717) is 6.61 Å². The molecule has 4 nitrogen and oxygen atoms in total. The summed E-state index contributed by atoms with van der Waals surface area (Å²) in [6.07, 6.45) is 0.766. The smallest absolute Gasteiger partial charge is 0.161 e. The van der Waals surface area contributed by atoms with E-state index in [9.17, 15) is 0 Å². The molecule has 0 fully saturated rings. The molecule has 1 rings (SSSR count). The second kappa shape index (κ2) is 7.92. The predicted octanol–water partition coefficient (Wildman–Crippen LogP) is 1.43. The zero-order valence-corrected chi connectivity index (χ0v) is 10.5. The predicted molar refractivity (Wildman–Crippen MR) is 67.7 cm³/mol. The van der Waals surface area contributed by atoms with Gasteiger partial charge in [-0.2, -0.15) is 0 Å². The fraction of sp³-hybridized carbons (Fsp3) is 0.538. The van der Waals surface area contributed by atoms with Crippen molar-refractivity contribution in [2.24, 2.45) is 0 Å². The molecule has 0 aromatic heterocycles. The Bertz CT molecular complexity index is 317. The van der Waals surface area contributed by atoms with Crippen LogP contribution in [0.2, 0.25) is 0 Å². The minimum Gasteiger partial charge on any atom is -0.493 e. The highest BCUT2D eigenvalue weighted by molar-refractivity contribution is 5.39. The van der Waals surface area contributed by atoms with Gasteiger partial charge in [0.15, 0.2) is 11.5 Å². The summed E-state index contributed by atoms with van der Waals surface area (Å²) >= 11 is 0. The molecule has 0 bridgehead atoms. The Labute approximate surface area is 103 Å². The molecule has 1 unspecified atom stereocenters. The molecular formula is C13H21NO3. The number of aliphatic hydroxyl groups is 1. The van der Waals surface area contributed by atoms with Crippen molar-refractivity contribution in [3.63, 3.8) is 0 Å². The molecule has 0 heterocycles. The van der Waals surface area contributed by atoms with E-state index in [-0.39, 0.29) is 12.6 Å². The zero-order chi connectivity index (χ0) is 12.5. The van der Waals surface area contributed by atoms with Gasteiger partial charge in [-0.1, -0.05) is 19.1 Å². The van der Waals surface area contributed by atoms with Crippen molar-refractivity contribution in [3.8, 4) is 11.5 Å². The summed E-state index contributed by atoms with van der Waals surface area (Å²) in [5, 5.41) is 12.3. The molecule has 0 aliphatic carbocycles. The minimum atomic E-state index is 0.0923. The molecule has 0 saturated carbocycles. The number of nitrogens with one attached hydrogen (secondary N) is 1. The third kappa shape index (κ3) is 4.63. The van der Waals surface area contributed by atoms with Crippen molar-refractivity contribution < 1.29 is 14.6 Å². The van der Waals surface area contributed by atoms with Crippen molar-refractivity contribution in [3.05, 3.63) is 24.3 Å². The molecule has 1 aromatic carbocycles. The third-order valence-corrected chi connectivity index (χ3v) is 2.51. The monoisotopic (exact) mass is 239 g/mol. The number of para-hydroxylation sites is 2. The Hall–Kier alpha value is -1.26. The maximum atomic E-state index is 9.11. The van der Waals surface area contributed by atoms with Gasteiger partial charge >= 0.3 is 0 Å². The maximum absolute atomic E-state index is 9.11. The number of methoxy groups -OCH3 is 1. The van der Waals surface area contributed by atoms with Crippen molar-refractivity contribution in [2.75, 3.05) is 26.9 Å². The number of aliphatic hydroxyl groups excluding tert-OH is 1. The highest BCUT2D eigenvalue weighted by Gasteiger charge is 2.07. The van der Waals surface area contributed by atoms with Crippen LogP contribution >= 0.6 is 0 Å². The summed E-state index contributed by atoms with van der Waals surface area (Å²) in [7, 11) is 1.62. The average molecular weight is 239 g/mol. The lowest BCUT2D eigenvalue weighted by molar-refractivity contribution is 0.207. The van der Waals surface area contributed by atoms with Crippen LogP contribution in [0.1, 0.15) is 13.3 Å². The summed E-state index contributed by atoms with van der Waals surface area (Å²) in [6, 6.07) is 7.64. The molecule has 4 heteroatoms. The summed E-state index contributed by atoms with van der Waals surface area (Å²) in [6.45, 7) is 3.55. The van der Waals surface area contributed by atoms with Crippen LogP contribution in [-0.4, -0.2) is 38.0 Å². The first-order chi connectivity index (χ1) is 8.31. The van der Waals surface area contributed by atoms with E-state index < -0.39 is 0 Å². The van der Waals surface area contributed by atoms with Crippen molar-refractivity contribution >= 4 is 0 Å². The van der Waals surface area contributed by atoms with Gasteiger partial charge in [-0.15, -0.1) is 0 Å².